The molecule has 0 radical (unpaired) electrons. The highest BCUT2D eigenvalue weighted by molar-refractivity contribution is 5.69. The van der Waals surface area contributed by atoms with E-state index in [2.05, 4.69) is 53.4 Å². The highest BCUT2D eigenvalue weighted by Gasteiger charge is 2.16. The molecule has 0 saturated heterocycles. The van der Waals surface area contributed by atoms with E-state index in [4.69, 9.17) is 9.47 Å². The number of ether oxygens (including phenoxy) is 2. The average molecular weight is 307 g/mol. The van der Waals surface area contributed by atoms with Gasteiger partial charge < -0.3 is 9.47 Å². The van der Waals surface area contributed by atoms with Gasteiger partial charge in [-0.25, -0.2) is 0 Å². The van der Waals surface area contributed by atoms with Gasteiger partial charge in [-0.05, 0) is 35.3 Å². The molecule has 23 heavy (non-hydrogen) atoms. The van der Waals surface area contributed by atoms with Gasteiger partial charge >= 0.3 is 0 Å². The van der Waals surface area contributed by atoms with E-state index >= 15 is 0 Å². The second-order valence-corrected chi connectivity index (χ2v) is 6.06. The SMILES string of the molecule is C1=C(c2ccc3c(c2)OCCO3)CCN(Cc2ccccc2)C1. The lowest BCUT2D eigenvalue weighted by molar-refractivity contribution is 0.171. The summed E-state index contributed by atoms with van der Waals surface area (Å²) in [5.41, 5.74) is 4.04. The molecule has 3 nitrogen and oxygen atoms in total. The van der Waals surface area contributed by atoms with E-state index in [1.54, 1.807) is 0 Å². The molecule has 0 atom stereocenters. The first-order chi connectivity index (χ1) is 11.4. The summed E-state index contributed by atoms with van der Waals surface area (Å²) < 4.78 is 11.3. The van der Waals surface area contributed by atoms with Gasteiger partial charge in [0, 0.05) is 19.6 Å². The molecule has 2 aromatic rings. The summed E-state index contributed by atoms with van der Waals surface area (Å²) in [7, 11) is 0. The molecule has 2 aliphatic heterocycles. The zero-order chi connectivity index (χ0) is 15.5. The van der Waals surface area contributed by atoms with Crippen molar-refractivity contribution in [2.45, 2.75) is 13.0 Å². The molecule has 3 heteroatoms. The Morgan fingerprint density at radius 3 is 2.52 bits per heavy atom. The van der Waals surface area contributed by atoms with Crippen LogP contribution in [0.25, 0.3) is 5.57 Å². The van der Waals surface area contributed by atoms with Crippen LogP contribution in [0.15, 0.2) is 54.6 Å². The summed E-state index contributed by atoms with van der Waals surface area (Å²) in [6.07, 6.45) is 3.42. The zero-order valence-corrected chi connectivity index (χ0v) is 13.2. The summed E-state index contributed by atoms with van der Waals surface area (Å²) in [6.45, 7) is 4.39. The van der Waals surface area contributed by atoms with Gasteiger partial charge in [-0.2, -0.15) is 0 Å². The van der Waals surface area contributed by atoms with E-state index in [0.717, 1.165) is 37.6 Å². The van der Waals surface area contributed by atoms with Gasteiger partial charge in [0.1, 0.15) is 13.2 Å². The number of hydrogen-bond donors (Lipinski definition) is 0. The number of fused-ring (bicyclic) bond motifs is 1. The molecule has 0 spiro atoms. The first kappa shape index (κ1) is 14.3. The molecular formula is C20H21NO2. The van der Waals surface area contributed by atoms with Crippen molar-refractivity contribution in [2.75, 3.05) is 26.3 Å². The minimum absolute atomic E-state index is 0.639. The Labute approximate surface area is 137 Å². The molecule has 0 unspecified atom stereocenters. The highest BCUT2D eigenvalue weighted by atomic mass is 16.6. The van der Waals surface area contributed by atoms with Crippen molar-refractivity contribution < 1.29 is 9.47 Å². The smallest absolute Gasteiger partial charge is 0.161 e. The number of rotatable bonds is 3. The minimum atomic E-state index is 0.639. The Morgan fingerprint density at radius 2 is 1.74 bits per heavy atom. The molecule has 0 bridgehead atoms. The number of hydrogen-bond acceptors (Lipinski definition) is 3. The molecule has 0 aromatic heterocycles. The largest absolute Gasteiger partial charge is 0.486 e. The van der Waals surface area contributed by atoms with Gasteiger partial charge in [0.15, 0.2) is 11.5 Å². The molecule has 0 N–H and O–H groups in total. The van der Waals surface area contributed by atoms with Crippen LogP contribution < -0.4 is 9.47 Å². The molecule has 2 aromatic carbocycles. The Morgan fingerprint density at radius 1 is 0.913 bits per heavy atom. The fourth-order valence-electron chi connectivity index (χ4n) is 3.20. The van der Waals surface area contributed by atoms with Crippen molar-refractivity contribution in [1.82, 2.24) is 4.90 Å². The third kappa shape index (κ3) is 3.25. The molecule has 0 aliphatic carbocycles. The Bertz CT molecular complexity index is 709. The normalized spacial score (nSPS) is 17.7. The van der Waals surface area contributed by atoms with Crippen molar-refractivity contribution in [2.24, 2.45) is 0 Å². The summed E-state index contributed by atoms with van der Waals surface area (Å²) in [6, 6.07) is 17.0. The van der Waals surface area contributed by atoms with Gasteiger partial charge in [0.05, 0.1) is 0 Å². The maximum absolute atomic E-state index is 5.69. The molecule has 0 fully saturated rings. The van der Waals surface area contributed by atoms with E-state index in [0.29, 0.717) is 13.2 Å². The molecule has 0 saturated carbocycles. The van der Waals surface area contributed by atoms with Crippen molar-refractivity contribution in [3.63, 3.8) is 0 Å². The van der Waals surface area contributed by atoms with E-state index in [-0.39, 0.29) is 0 Å². The summed E-state index contributed by atoms with van der Waals surface area (Å²) in [4.78, 5) is 2.48. The van der Waals surface area contributed by atoms with Gasteiger partial charge in [-0.1, -0.05) is 42.5 Å². The number of benzene rings is 2. The second kappa shape index (κ2) is 6.47. The van der Waals surface area contributed by atoms with Crippen molar-refractivity contribution in [1.29, 1.82) is 0 Å². The minimum Gasteiger partial charge on any atom is -0.486 e. The van der Waals surface area contributed by atoms with Crippen LogP contribution in [-0.4, -0.2) is 31.2 Å². The van der Waals surface area contributed by atoms with Crippen LogP contribution in [0.3, 0.4) is 0 Å². The molecule has 4 rings (SSSR count). The van der Waals surface area contributed by atoms with Crippen LogP contribution in [-0.2, 0) is 6.54 Å². The Hall–Kier alpha value is -2.26. The second-order valence-electron chi connectivity index (χ2n) is 6.06. The first-order valence-electron chi connectivity index (χ1n) is 8.24. The summed E-state index contributed by atoms with van der Waals surface area (Å²) >= 11 is 0. The lowest BCUT2D eigenvalue weighted by atomic mass is 9.98. The van der Waals surface area contributed by atoms with Gasteiger partial charge in [-0.15, -0.1) is 0 Å². The van der Waals surface area contributed by atoms with Crippen molar-refractivity contribution in [3.8, 4) is 11.5 Å². The molecule has 0 amide bonds. The zero-order valence-electron chi connectivity index (χ0n) is 13.2. The number of nitrogens with zero attached hydrogens (tertiary/aromatic N) is 1. The van der Waals surface area contributed by atoms with Gasteiger partial charge in [-0.3, -0.25) is 4.90 Å². The molecular weight excluding hydrogens is 286 g/mol. The first-order valence-corrected chi connectivity index (χ1v) is 8.24. The van der Waals surface area contributed by atoms with Gasteiger partial charge in [0.25, 0.3) is 0 Å². The van der Waals surface area contributed by atoms with Crippen molar-refractivity contribution >= 4 is 5.57 Å². The van der Waals surface area contributed by atoms with Crippen molar-refractivity contribution in [3.05, 3.63) is 65.7 Å². The lowest BCUT2D eigenvalue weighted by Crippen LogP contribution is -2.28. The van der Waals surface area contributed by atoms with Crippen LogP contribution >= 0.6 is 0 Å². The van der Waals surface area contributed by atoms with Crippen LogP contribution in [0.2, 0.25) is 0 Å². The quantitative estimate of drug-likeness (QED) is 0.862. The van der Waals surface area contributed by atoms with E-state index < -0.39 is 0 Å². The van der Waals surface area contributed by atoms with Crippen LogP contribution in [0.4, 0.5) is 0 Å². The predicted octanol–water partition coefficient (Wildman–Crippen LogP) is 3.75. The van der Waals surface area contributed by atoms with Gasteiger partial charge in [0.2, 0.25) is 0 Å². The highest BCUT2D eigenvalue weighted by Crippen LogP contribution is 2.34. The fraction of sp³-hybridized carbons (Fsp3) is 0.300. The topological polar surface area (TPSA) is 21.7 Å². The fourth-order valence-corrected chi connectivity index (χ4v) is 3.20. The summed E-state index contributed by atoms with van der Waals surface area (Å²) in [5, 5.41) is 0. The third-order valence-corrected chi connectivity index (χ3v) is 4.46. The molecule has 2 heterocycles. The monoisotopic (exact) mass is 307 g/mol. The van der Waals surface area contributed by atoms with Crippen LogP contribution in [0.5, 0.6) is 11.5 Å². The maximum atomic E-state index is 5.69. The maximum Gasteiger partial charge on any atom is 0.161 e. The third-order valence-electron chi connectivity index (χ3n) is 4.46. The average Bonchev–Trinajstić information content (AvgIpc) is 2.63. The molecule has 118 valence electrons. The Balaban J connectivity index is 1.45. The lowest BCUT2D eigenvalue weighted by Gasteiger charge is -2.27. The van der Waals surface area contributed by atoms with Crippen LogP contribution in [0.1, 0.15) is 17.5 Å². The summed E-state index contributed by atoms with van der Waals surface area (Å²) in [5.74, 6) is 1.74. The van der Waals surface area contributed by atoms with E-state index in [9.17, 15) is 0 Å². The Kier molecular flexibility index (Phi) is 4.03. The molecule has 2 aliphatic rings. The standard InChI is InChI=1S/C20H21NO2/c1-2-4-16(5-3-1)15-21-10-8-17(9-11-21)18-6-7-19-20(14-18)23-13-12-22-19/h1-8,14H,9-13,15H2. The van der Waals surface area contributed by atoms with Crippen LogP contribution in [0, 0.1) is 0 Å². The van der Waals surface area contributed by atoms with E-state index in [1.165, 1.54) is 16.7 Å². The predicted molar refractivity (Wildman–Crippen MR) is 91.7 cm³/mol. The van der Waals surface area contributed by atoms with E-state index in [1.807, 2.05) is 6.07 Å².